The highest BCUT2D eigenvalue weighted by atomic mass is 19.2. The largest absolute Gasteiger partial charge is 0.204 e. The van der Waals surface area contributed by atoms with Crippen LogP contribution in [-0.2, 0) is 12.8 Å². The molecule has 0 heterocycles. The Labute approximate surface area is 200 Å². The number of hydrogen-bond donors (Lipinski definition) is 0. The summed E-state index contributed by atoms with van der Waals surface area (Å²) in [6.45, 7) is 3.89. The monoisotopic (exact) mass is 456 g/mol. The Balaban J connectivity index is 1.60. The third kappa shape index (κ3) is 5.55. The molecule has 0 atom stereocenters. The fourth-order valence-electron chi connectivity index (χ4n) is 3.99. The van der Waals surface area contributed by atoms with Crippen molar-refractivity contribution in [2.45, 2.75) is 58.3 Å². The van der Waals surface area contributed by atoms with Gasteiger partial charge in [-0.2, -0.15) is 0 Å². The summed E-state index contributed by atoms with van der Waals surface area (Å²) in [5, 5.41) is 0. The van der Waals surface area contributed by atoms with Crippen LogP contribution in [0.5, 0.6) is 0 Å². The van der Waals surface area contributed by atoms with Crippen molar-refractivity contribution in [1.29, 1.82) is 0 Å². The van der Waals surface area contributed by atoms with Crippen LogP contribution in [0.2, 0.25) is 0 Å². The first-order chi connectivity index (χ1) is 16.5. The van der Waals surface area contributed by atoms with E-state index in [1.807, 2.05) is 18.2 Å². The van der Waals surface area contributed by atoms with E-state index in [0.717, 1.165) is 47.6 Å². The third-order valence-electron chi connectivity index (χ3n) is 6.14. The minimum Gasteiger partial charge on any atom is -0.204 e. The summed E-state index contributed by atoms with van der Waals surface area (Å²) in [4.78, 5) is 0. The molecule has 0 saturated heterocycles. The van der Waals surface area contributed by atoms with Crippen molar-refractivity contribution in [3.8, 4) is 23.7 Å². The maximum absolute atomic E-state index is 14.1. The zero-order valence-corrected chi connectivity index (χ0v) is 19.6. The first-order valence-electron chi connectivity index (χ1n) is 11.9. The van der Waals surface area contributed by atoms with E-state index in [9.17, 15) is 13.2 Å². The molecule has 0 bridgehead atoms. The SMILES string of the molecule is CCCCc1ccc(C#Cc2ccc(C#Cc3cc(F)c(F)c(F)c3CC)cc2C2CC2)cc1. The molecular formula is C31H27F3. The van der Waals surface area contributed by atoms with Crippen molar-refractivity contribution < 1.29 is 13.2 Å². The second-order valence-electron chi connectivity index (χ2n) is 8.74. The lowest BCUT2D eigenvalue weighted by atomic mass is 9.99. The minimum atomic E-state index is -1.45. The van der Waals surface area contributed by atoms with Crippen LogP contribution in [0, 0.1) is 41.1 Å². The van der Waals surface area contributed by atoms with Crippen molar-refractivity contribution >= 4 is 0 Å². The molecular weight excluding hydrogens is 429 g/mol. The standard InChI is InChI=1S/C31H27F3/c1-3-5-6-21-7-9-22(10-8-21)11-14-24-15-12-23(19-28(24)25-17-18-25)13-16-26-20-29(32)31(34)30(33)27(26)4-2/h7-10,12,15,19-20,25H,3-6,17-18H2,1-2H3. The summed E-state index contributed by atoms with van der Waals surface area (Å²) in [5.74, 6) is 9.07. The molecule has 1 saturated carbocycles. The average molecular weight is 457 g/mol. The zero-order valence-electron chi connectivity index (χ0n) is 19.6. The van der Waals surface area contributed by atoms with Crippen LogP contribution in [0.15, 0.2) is 48.5 Å². The van der Waals surface area contributed by atoms with E-state index in [0.29, 0.717) is 5.92 Å². The van der Waals surface area contributed by atoms with Gasteiger partial charge < -0.3 is 0 Å². The second-order valence-corrected chi connectivity index (χ2v) is 8.74. The van der Waals surface area contributed by atoms with Crippen molar-refractivity contribution in [3.05, 3.63) is 105 Å². The summed E-state index contributed by atoms with van der Waals surface area (Å²) in [6.07, 6.45) is 5.93. The average Bonchev–Trinajstić information content (AvgIpc) is 3.70. The van der Waals surface area contributed by atoms with Gasteiger partial charge in [0.25, 0.3) is 0 Å². The van der Waals surface area contributed by atoms with E-state index in [1.54, 1.807) is 6.92 Å². The molecule has 172 valence electrons. The van der Waals surface area contributed by atoms with E-state index in [2.05, 4.69) is 54.9 Å². The van der Waals surface area contributed by atoms with Gasteiger partial charge in [-0.15, -0.1) is 0 Å². The van der Waals surface area contributed by atoms with Crippen LogP contribution >= 0.6 is 0 Å². The van der Waals surface area contributed by atoms with Crippen LogP contribution in [0.3, 0.4) is 0 Å². The summed E-state index contributed by atoms with van der Waals surface area (Å²) >= 11 is 0. The van der Waals surface area contributed by atoms with E-state index in [-0.39, 0.29) is 17.5 Å². The molecule has 3 heteroatoms. The molecule has 0 amide bonds. The number of unbranched alkanes of at least 4 members (excludes halogenated alkanes) is 1. The van der Waals surface area contributed by atoms with E-state index >= 15 is 0 Å². The molecule has 0 N–H and O–H groups in total. The van der Waals surface area contributed by atoms with E-state index < -0.39 is 17.5 Å². The summed E-state index contributed by atoms with van der Waals surface area (Å²) in [6, 6.07) is 15.3. The first-order valence-corrected chi connectivity index (χ1v) is 11.9. The van der Waals surface area contributed by atoms with Crippen LogP contribution in [0.25, 0.3) is 0 Å². The maximum atomic E-state index is 14.1. The second kappa shape index (κ2) is 10.7. The molecule has 1 aliphatic rings. The Bertz CT molecular complexity index is 1310. The highest BCUT2D eigenvalue weighted by Crippen LogP contribution is 2.41. The molecule has 34 heavy (non-hydrogen) atoms. The quantitative estimate of drug-likeness (QED) is 0.273. The number of hydrogen-bond acceptors (Lipinski definition) is 0. The number of rotatable bonds is 5. The fourth-order valence-corrected chi connectivity index (χ4v) is 3.99. The molecule has 4 rings (SSSR count). The van der Waals surface area contributed by atoms with Gasteiger partial charge in [0.1, 0.15) is 0 Å². The molecule has 0 radical (unpaired) electrons. The van der Waals surface area contributed by atoms with Gasteiger partial charge in [-0.05, 0) is 85.5 Å². The van der Waals surface area contributed by atoms with Gasteiger partial charge in [0, 0.05) is 27.8 Å². The molecule has 0 spiro atoms. The van der Waals surface area contributed by atoms with Gasteiger partial charge in [-0.3, -0.25) is 0 Å². The van der Waals surface area contributed by atoms with Gasteiger partial charge in [-0.25, -0.2) is 13.2 Å². The minimum absolute atomic E-state index is 0.0945. The number of benzene rings is 3. The third-order valence-corrected chi connectivity index (χ3v) is 6.14. The highest BCUT2D eigenvalue weighted by Gasteiger charge is 2.26. The summed E-state index contributed by atoms with van der Waals surface area (Å²) in [5.41, 5.74) is 5.48. The topological polar surface area (TPSA) is 0 Å². The lowest BCUT2D eigenvalue weighted by Crippen LogP contribution is -2.01. The molecule has 0 aromatic heterocycles. The highest BCUT2D eigenvalue weighted by molar-refractivity contribution is 5.54. The normalized spacial score (nSPS) is 12.5. The summed E-state index contributed by atoms with van der Waals surface area (Å²) in [7, 11) is 0. The van der Waals surface area contributed by atoms with Gasteiger partial charge in [-0.1, -0.05) is 56.1 Å². The Kier molecular flexibility index (Phi) is 7.44. The van der Waals surface area contributed by atoms with Gasteiger partial charge in [0.15, 0.2) is 17.5 Å². The van der Waals surface area contributed by atoms with Gasteiger partial charge in [0.05, 0.1) is 0 Å². The molecule has 0 nitrogen and oxygen atoms in total. The van der Waals surface area contributed by atoms with E-state index in [1.165, 1.54) is 18.4 Å². The number of aryl methyl sites for hydroxylation is 1. The smallest absolute Gasteiger partial charge is 0.194 e. The number of halogens is 3. The van der Waals surface area contributed by atoms with Gasteiger partial charge in [0.2, 0.25) is 0 Å². The van der Waals surface area contributed by atoms with Crippen LogP contribution in [0.1, 0.15) is 84.4 Å². The first kappa shape index (κ1) is 23.7. The van der Waals surface area contributed by atoms with Crippen LogP contribution in [0.4, 0.5) is 13.2 Å². The molecule has 1 fully saturated rings. The van der Waals surface area contributed by atoms with Crippen molar-refractivity contribution in [2.75, 3.05) is 0 Å². The Morgan fingerprint density at radius 1 is 0.765 bits per heavy atom. The van der Waals surface area contributed by atoms with Crippen LogP contribution < -0.4 is 0 Å². The Morgan fingerprint density at radius 3 is 2.12 bits per heavy atom. The maximum Gasteiger partial charge on any atom is 0.194 e. The summed E-state index contributed by atoms with van der Waals surface area (Å²) < 4.78 is 41.4. The lowest BCUT2D eigenvalue weighted by molar-refractivity contribution is 0.441. The molecule has 3 aromatic carbocycles. The van der Waals surface area contributed by atoms with Crippen LogP contribution in [-0.4, -0.2) is 0 Å². The molecule has 0 unspecified atom stereocenters. The molecule has 1 aliphatic carbocycles. The lowest BCUT2D eigenvalue weighted by Gasteiger charge is -2.06. The predicted octanol–water partition coefficient (Wildman–Crippen LogP) is 7.69. The molecule has 3 aromatic rings. The molecule has 0 aliphatic heterocycles. The zero-order chi connectivity index (χ0) is 24.1. The van der Waals surface area contributed by atoms with E-state index in [4.69, 9.17) is 0 Å². The predicted molar refractivity (Wildman–Crippen MR) is 131 cm³/mol. The Morgan fingerprint density at radius 2 is 1.44 bits per heavy atom. The van der Waals surface area contributed by atoms with Crippen molar-refractivity contribution in [3.63, 3.8) is 0 Å². The van der Waals surface area contributed by atoms with Crippen molar-refractivity contribution in [2.24, 2.45) is 0 Å². The Hall–Kier alpha value is -3.43. The van der Waals surface area contributed by atoms with Crippen molar-refractivity contribution in [1.82, 2.24) is 0 Å². The van der Waals surface area contributed by atoms with Gasteiger partial charge >= 0.3 is 0 Å². The fraction of sp³-hybridized carbons (Fsp3) is 0.290.